The molecule has 1 unspecified atom stereocenters. The average Bonchev–Trinajstić information content (AvgIpc) is 2.88. The fourth-order valence-corrected chi connectivity index (χ4v) is 3.26. The largest absolute Gasteiger partial charge is 0.434 e. The Hall–Kier alpha value is -2.48. The Morgan fingerprint density at radius 2 is 2.00 bits per heavy atom. The summed E-state index contributed by atoms with van der Waals surface area (Å²) in [5, 5.41) is 2.82. The van der Waals surface area contributed by atoms with Crippen LogP contribution in [0.3, 0.4) is 0 Å². The molecule has 2 aromatic heterocycles. The van der Waals surface area contributed by atoms with Crippen molar-refractivity contribution < 1.29 is 18.3 Å². The van der Waals surface area contributed by atoms with Gasteiger partial charge in [-0.2, -0.15) is 8.78 Å². The number of imidazole rings is 1. The Morgan fingerprint density at radius 1 is 1.27 bits per heavy atom. The van der Waals surface area contributed by atoms with Gasteiger partial charge < -0.3 is 14.5 Å². The first kappa shape index (κ1) is 18.3. The van der Waals surface area contributed by atoms with Crippen molar-refractivity contribution in [2.24, 2.45) is 0 Å². The Bertz CT molecular complexity index is 959. The first-order chi connectivity index (χ1) is 12.4. The number of fused-ring (bicyclic) bond motifs is 1. The van der Waals surface area contributed by atoms with Crippen LogP contribution in [0, 0.1) is 6.92 Å². The molecule has 0 aliphatic carbocycles. The number of hydrogen-bond donors (Lipinski definition) is 1. The summed E-state index contributed by atoms with van der Waals surface area (Å²) in [5.41, 5.74) is 2.45. The highest BCUT2D eigenvalue weighted by molar-refractivity contribution is 9.10. The zero-order chi connectivity index (χ0) is 18.8. The van der Waals surface area contributed by atoms with Gasteiger partial charge in [-0.1, -0.05) is 18.2 Å². The zero-order valence-electron chi connectivity index (χ0n) is 14.0. The summed E-state index contributed by atoms with van der Waals surface area (Å²) in [7, 11) is 0. The van der Waals surface area contributed by atoms with Gasteiger partial charge in [0, 0.05) is 23.2 Å². The molecular weight excluding hydrogens is 408 g/mol. The quantitative estimate of drug-likeness (QED) is 0.667. The number of nitrogens with one attached hydrogen (secondary N) is 1. The van der Waals surface area contributed by atoms with Crippen LogP contribution >= 0.6 is 15.9 Å². The maximum Gasteiger partial charge on any atom is 0.387 e. The van der Waals surface area contributed by atoms with Crippen molar-refractivity contribution >= 4 is 27.5 Å². The van der Waals surface area contributed by atoms with Crippen LogP contribution in [0.1, 0.15) is 29.9 Å². The normalized spacial score (nSPS) is 12.4. The van der Waals surface area contributed by atoms with Crippen LogP contribution in [-0.4, -0.2) is 21.9 Å². The number of halogens is 3. The highest BCUT2D eigenvalue weighted by Crippen LogP contribution is 2.33. The second kappa shape index (κ2) is 7.41. The predicted octanol–water partition coefficient (Wildman–Crippen LogP) is 4.23. The second-order valence-electron chi connectivity index (χ2n) is 5.71. The van der Waals surface area contributed by atoms with Crippen molar-refractivity contribution in [3.05, 3.63) is 64.0 Å². The molecule has 0 saturated heterocycles. The number of hydrogen-bond acceptors (Lipinski definition) is 3. The van der Waals surface area contributed by atoms with Gasteiger partial charge in [-0.3, -0.25) is 4.79 Å². The Balaban J connectivity index is 2.22. The van der Waals surface area contributed by atoms with Gasteiger partial charge in [-0.05, 0) is 41.1 Å². The molecule has 0 fully saturated rings. The summed E-state index contributed by atoms with van der Waals surface area (Å²) in [5.74, 6) is -0.295. The Morgan fingerprint density at radius 3 is 2.69 bits per heavy atom. The van der Waals surface area contributed by atoms with Gasteiger partial charge in [0.1, 0.15) is 17.4 Å². The highest BCUT2D eigenvalue weighted by atomic mass is 79.9. The minimum Gasteiger partial charge on any atom is -0.434 e. The molecule has 26 heavy (non-hydrogen) atoms. The lowest BCUT2D eigenvalue weighted by molar-refractivity contribution is -0.119. The van der Waals surface area contributed by atoms with Crippen molar-refractivity contribution in [2.45, 2.75) is 26.5 Å². The molecule has 1 atom stereocenters. The molecular formula is C18H16BrF2N3O2. The van der Waals surface area contributed by atoms with E-state index < -0.39 is 12.7 Å². The summed E-state index contributed by atoms with van der Waals surface area (Å²) >= 11 is 3.42. The molecule has 0 spiro atoms. The smallest absolute Gasteiger partial charge is 0.387 e. The molecule has 2 heterocycles. The molecule has 0 aliphatic rings. The third kappa shape index (κ3) is 3.70. The fraction of sp³-hybridized carbons (Fsp3) is 0.222. The van der Waals surface area contributed by atoms with Crippen LogP contribution in [-0.2, 0) is 4.79 Å². The number of nitrogens with zero attached hydrogens (tertiary/aromatic N) is 2. The van der Waals surface area contributed by atoms with E-state index in [-0.39, 0.29) is 11.7 Å². The maximum absolute atomic E-state index is 12.8. The monoisotopic (exact) mass is 423 g/mol. The molecule has 3 aromatic rings. The number of carbonyl (C=O) groups excluding carboxylic acids is 1. The molecule has 1 N–H and O–H groups in total. The van der Waals surface area contributed by atoms with Crippen molar-refractivity contribution in [2.75, 3.05) is 0 Å². The minimum atomic E-state index is -2.97. The van der Waals surface area contributed by atoms with E-state index in [9.17, 15) is 13.6 Å². The van der Waals surface area contributed by atoms with Gasteiger partial charge in [0.25, 0.3) is 0 Å². The number of ether oxygens (including phenoxy) is 1. The van der Waals surface area contributed by atoms with Crippen LogP contribution in [0.5, 0.6) is 5.75 Å². The average molecular weight is 424 g/mol. The number of aryl methyl sites for hydroxylation is 1. The van der Waals surface area contributed by atoms with E-state index in [2.05, 4.69) is 31.0 Å². The van der Waals surface area contributed by atoms with E-state index in [0.29, 0.717) is 22.6 Å². The predicted molar refractivity (Wildman–Crippen MR) is 96.4 cm³/mol. The number of para-hydroxylation sites is 1. The Kier molecular flexibility index (Phi) is 5.22. The van der Waals surface area contributed by atoms with E-state index >= 15 is 0 Å². The first-order valence-electron chi connectivity index (χ1n) is 7.81. The Labute approximate surface area is 157 Å². The lowest BCUT2D eigenvalue weighted by atomic mass is 10.0. The van der Waals surface area contributed by atoms with Gasteiger partial charge in [-0.15, -0.1) is 0 Å². The van der Waals surface area contributed by atoms with Crippen molar-refractivity contribution in [3.63, 3.8) is 0 Å². The van der Waals surface area contributed by atoms with Gasteiger partial charge in [-0.25, -0.2) is 4.98 Å². The third-order valence-electron chi connectivity index (χ3n) is 3.87. The van der Waals surface area contributed by atoms with Gasteiger partial charge in [0.05, 0.1) is 11.4 Å². The van der Waals surface area contributed by atoms with E-state index in [0.717, 1.165) is 4.47 Å². The van der Waals surface area contributed by atoms with E-state index in [4.69, 9.17) is 0 Å². The second-order valence-corrected chi connectivity index (χ2v) is 6.62. The van der Waals surface area contributed by atoms with Gasteiger partial charge in [0.15, 0.2) is 0 Å². The van der Waals surface area contributed by atoms with Gasteiger partial charge >= 0.3 is 6.61 Å². The van der Waals surface area contributed by atoms with Crippen molar-refractivity contribution in [3.8, 4) is 5.75 Å². The molecule has 0 saturated carbocycles. The van der Waals surface area contributed by atoms with E-state index in [1.807, 2.05) is 29.7 Å². The maximum atomic E-state index is 12.8. The number of carbonyl (C=O) groups is 1. The highest BCUT2D eigenvalue weighted by Gasteiger charge is 2.26. The topological polar surface area (TPSA) is 55.6 Å². The lowest BCUT2D eigenvalue weighted by Gasteiger charge is -2.22. The molecule has 5 nitrogen and oxygen atoms in total. The molecule has 0 aliphatic heterocycles. The van der Waals surface area contributed by atoms with Crippen LogP contribution in [0.4, 0.5) is 8.78 Å². The van der Waals surface area contributed by atoms with Crippen LogP contribution in [0.15, 0.2) is 47.1 Å². The summed E-state index contributed by atoms with van der Waals surface area (Å²) in [4.78, 5) is 16.3. The number of rotatable bonds is 5. The van der Waals surface area contributed by atoms with Crippen LogP contribution in [0.25, 0.3) is 5.65 Å². The van der Waals surface area contributed by atoms with Crippen molar-refractivity contribution in [1.29, 1.82) is 0 Å². The summed E-state index contributed by atoms with van der Waals surface area (Å²) in [6, 6.07) is 9.38. The first-order valence-corrected chi connectivity index (χ1v) is 8.61. The molecule has 0 radical (unpaired) electrons. The van der Waals surface area contributed by atoms with Crippen LogP contribution in [0.2, 0.25) is 0 Å². The number of aromatic nitrogens is 2. The number of benzene rings is 1. The molecule has 3 rings (SSSR count). The molecule has 136 valence electrons. The zero-order valence-corrected chi connectivity index (χ0v) is 15.6. The third-order valence-corrected chi connectivity index (χ3v) is 4.34. The van der Waals surface area contributed by atoms with Gasteiger partial charge in [0.2, 0.25) is 5.91 Å². The number of amides is 1. The summed E-state index contributed by atoms with van der Waals surface area (Å²) in [6.07, 6.45) is 1.82. The summed E-state index contributed by atoms with van der Waals surface area (Å²) in [6.45, 7) is 0.214. The molecule has 0 bridgehead atoms. The van der Waals surface area contributed by atoms with E-state index in [1.165, 1.54) is 13.0 Å². The molecule has 1 aromatic carbocycles. The van der Waals surface area contributed by atoms with Crippen molar-refractivity contribution in [1.82, 2.24) is 14.7 Å². The van der Waals surface area contributed by atoms with E-state index in [1.54, 1.807) is 18.2 Å². The van der Waals surface area contributed by atoms with Crippen LogP contribution < -0.4 is 10.1 Å². The minimum absolute atomic E-state index is 0.00518. The standard InChI is InChI=1S/C18H16BrF2N3O2/c1-10-17(24-9-12(19)7-8-15(24)22-10)16(23-11(2)25)13-5-3-4-6-14(13)26-18(20)21/h3-9,16,18H,1-2H3,(H,23,25). The lowest BCUT2D eigenvalue weighted by Crippen LogP contribution is -2.29. The SMILES string of the molecule is CC(=O)NC(c1ccccc1OC(F)F)c1c(C)nc2ccc(Br)cn12. The fourth-order valence-electron chi connectivity index (χ4n) is 2.92. The summed E-state index contributed by atoms with van der Waals surface area (Å²) < 4.78 is 32.9. The molecule has 8 heteroatoms. The molecule has 1 amide bonds. The number of alkyl halides is 2. The number of pyridine rings is 1.